The lowest BCUT2D eigenvalue weighted by atomic mass is 10.2. The second-order valence-corrected chi connectivity index (χ2v) is 4.97. The molecule has 0 radical (unpaired) electrons. The smallest absolute Gasteiger partial charge is 0.271 e. The largest absolute Gasteiger partial charge is 0.493 e. The van der Waals surface area contributed by atoms with Gasteiger partial charge in [-0.15, -0.1) is 0 Å². The zero-order valence-corrected chi connectivity index (χ0v) is 13.9. The van der Waals surface area contributed by atoms with Gasteiger partial charge in [0.1, 0.15) is 0 Å². The predicted octanol–water partition coefficient (Wildman–Crippen LogP) is 3.65. The molecule has 0 atom stereocenters. The zero-order chi connectivity index (χ0) is 18.2. The number of ether oxygens (including phenoxy) is 2. The van der Waals surface area contributed by atoms with Crippen LogP contribution in [0.4, 0.5) is 11.4 Å². The number of nitrogens with zero attached hydrogens (tertiary/aromatic N) is 1. The van der Waals surface area contributed by atoms with Gasteiger partial charge < -0.3 is 14.8 Å². The highest BCUT2D eigenvalue weighted by Gasteiger charge is 2.07. The van der Waals surface area contributed by atoms with Gasteiger partial charge in [0.25, 0.3) is 5.69 Å². The van der Waals surface area contributed by atoms with Crippen molar-refractivity contribution in [3.8, 4) is 11.5 Å². The maximum absolute atomic E-state index is 12.0. The molecule has 0 bridgehead atoms. The molecule has 0 aliphatic heterocycles. The van der Waals surface area contributed by atoms with E-state index in [1.807, 2.05) is 6.92 Å². The van der Waals surface area contributed by atoms with E-state index in [9.17, 15) is 14.9 Å². The van der Waals surface area contributed by atoms with Gasteiger partial charge in [0, 0.05) is 23.9 Å². The second-order valence-electron chi connectivity index (χ2n) is 4.97. The van der Waals surface area contributed by atoms with Gasteiger partial charge in [0.05, 0.1) is 18.6 Å². The van der Waals surface area contributed by atoms with E-state index >= 15 is 0 Å². The molecule has 130 valence electrons. The summed E-state index contributed by atoms with van der Waals surface area (Å²) in [5.41, 5.74) is 1.03. The molecule has 2 aromatic rings. The molecule has 7 heteroatoms. The van der Waals surface area contributed by atoms with Crippen LogP contribution in [-0.4, -0.2) is 24.5 Å². The quantitative estimate of drug-likeness (QED) is 0.471. The van der Waals surface area contributed by atoms with Crippen molar-refractivity contribution in [2.75, 3.05) is 19.0 Å². The first kappa shape index (κ1) is 18.0. The molecular formula is C18H18N2O5. The highest BCUT2D eigenvalue weighted by molar-refractivity contribution is 6.02. The van der Waals surface area contributed by atoms with E-state index in [1.165, 1.54) is 24.3 Å². The molecule has 0 heterocycles. The Kier molecular flexibility index (Phi) is 6.11. The minimum atomic E-state index is -0.516. The molecule has 0 fully saturated rings. The first-order valence-electron chi connectivity index (χ1n) is 7.58. The first-order chi connectivity index (χ1) is 12.0. The van der Waals surface area contributed by atoms with Crippen molar-refractivity contribution in [2.45, 2.75) is 6.92 Å². The second kappa shape index (κ2) is 8.49. The molecule has 0 spiro atoms. The summed E-state index contributed by atoms with van der Waals surface area (Å²) in [5.74, 6) is 0.805. The average Bonchev–Trinajstić information content (AvgIpc) is 2.61. The van der Waals surface area contributed by atoms with Crippen molar-refractivity contribution in [1.29, 1.82) is 0 Å². The Hall–Kier alpha value is -3.35. The fourth-order valence-corrected chi connectivity index (χ4v) is 2.12. The molecular weight excluding hydrogens is 324 g/mol. The molecule has 1 amide bonds. The van der Waals surface area contributed by atoms with E-state index in [2.05, 4.69) is 5.32 Å². The number of benzene rings is 2. The van der Waals surface area contributed by atoms with Gasteiger partial charge in [-0.3, -0.25) is 14.9 Å². The number of rotatable bonds is 7. The van der Waals surface area contributed by atoms with Crippen molar-refractivity contribution in [3.63, 3.8) is 0 Å². The summed E-state index contributed by atoms with van der Waals surface area (Å²) in [4.78, 5) is 22.2. The normalized spacial score (nSPS) is 10.5. The molecule has 7 nitrogen and oxygen atoms in total. The Labute approximate surface area is 145 Å². The molecule has 2 rings (SSSR count). The number of methoxy groups -OCH3 is 1. The van der Waals surface area contributed by atoms with Crippen molar-refractivity contribution in [1.82, 2.24) is 0 Å². The topological polar surface area (TPSA) is 90.7 Å². The summed E-state index contributed by atoms with van der Waals surface area (Å²) >= 11 is 0. The fourth-order valence-electron chi connectivity index (χ4n) is 2.12. The third-order valence-electron chi connectivity index (χ3n) is 3.24. The maximum atomic E-state index is 12.0. The Balaban J connectivity index is 2.07. The van der Waals surface area contributed by atoms with Gasteiger partial charge >= 0.3 is 0 Å². The van der Waals surface area contributed by atoms with E-state index in [-0.39, 0.29) is 5.69 Å². The number of nitro groups is 1. The van der Waals surface area contributed by atoms with Crippen molar-refractivity contribution in [3.05, 3.63) is 64.2 Å². The number of non-ortho nitro benzene ring substituents is 1. The highest BCUT2D eigenvalue weighted by Crippen LogP contribution is 2.28. The molecule has 0 saturated carbocycles. The minimum absolute atomic E-state index is 0.0852. The summed E-state index contributed by atoms with van der Waals surface area (Å²) in [6, 6.07) is 11.1. The summed E-state index contributed by atoms with van der Waals surface area (Å²) in [6.45, 7) is 2.41. The van der Waals surface area contributed by atoms with Crippen LogP contribution < -0.4 is 14.8 Å². The third kappa shape index (κ3) is 5.07. The first-order valence-corrected chi connectivity index (χ1v) is 7.58. The number of nitrogens with one attached hydrogen (secondary N) is 1. The Morgan fingerprint density at radius 3 is 2.72 bits per heavy atom. The predicted molar refractivity (Wildman–Crippen MR) is 94.9 cm³/mol. The lowest BCUT2D eigenvalue weighted by Gasteiger charge is -2.09. The minimum Gasteiger partial charge on any atom is -0.493 e. The summed E-state index contributed by atoms with van der Waals surface area (Å²) < 4.78 is 10.7. The van der Waals surface area contributed by atoms with Crippen molar-refractivity contribution in [2.24, 2.45) is 0 Å². The molecule has 1 N–H and O–H groups in total. The van der Waals surface area contributed by atoms with Gasteiger partial charge in [0.2, 0.25) is 5.91 Å². The fraction of sp³-hybridized carbons (Fsp3) is 0.167. The summed E-state index contributed by atoms with van der Waals surface area (Å²) in [7, 11) is 1.54. The number of amides is 1. The van der Waals surface area contributed by atoms with Crippen LogP contribution in [0.25, 0.3) is 6.08 Å². The van der Waals surface area contributed by atoms with E-state index in [1.54, 1.807) is 37.5 Å². The SMILES string of the molecule is CCOc1ccc(C=CC(=O)Nc2cccc([N+](=O)[O-])c2)cc1OC. The molecule has 0 aromatic heterocycles. The number of carbonyl (C=O) groups excluding carboxylic acids is 1. The number of nitro benzene ring substituents is 1. The van der Waals surface area contributed by atoms with Crippen LogP contribution in [0.5, 0.6) is 11.5 Å². The Morgan fingerprint density at radius 1 is 1.24 bits per heavy atom. The maximum Gasteiger partial charge on any atom is 0.271 e. The van der Waals surface area contributed by atoms with E-state index in [0.29, 0.717) is 23.8 Å². The van der Waals surface area contributed by atoms with Crippen molar-refractivity contribution >= 4 is 23.4 Å². The van der Waals surface area contributed by atoms with Crippen LogP contribution in [0.2, 0.25) is 0 Å². The standard InChI is InChI=1S/C18H18N2O5/c1-3-25-16-9-7-13(11-17(16)24-2)8-10-18(21)19-14-5-4-6-15(12-14)20(22)23/h4-12H,3H2,1-2H3,(H,19,21). The van der Waals surface area contributed by atoms with Crippen LogP contribution in [0.15, 0.2) is 48.5 Å². The van der Waals surface area contributed by atoms with Crippen LogP contribution in [-0.2, 0) is 4.79 Å². The summed E-state index contributed by atoms with van der Waals surface area (Å²) in [5, 5.41) is 13.3. The lowest BCUT2D eigenvalue weighted by molar-refractivity contribution is -0.384. The van der Waals surface area contributed by atoms with Crippen LogP contribution in [0.3, 0.4) is 0 Å². The summed E-state index contributed by atoms with van der Waals surface area (Å²) in [6.07, 6.45) is 2.96. The average molecular weight is 342 g/mol. The molecule has 25 heavy (non-hydrogen) atoms. The van der Waals surface area contributed by atoms with Crippen molar-refractivity contribution < 1.29 is 19.2 Å². The Morgan fingerprint density at radius 2 is 2.04 bits per heavy atom. The van der Waals surface area contributed by atoms with Gasteiger partial charge in [0.15, 0.2) is 11.5 Å². The van der Waals surface area contributed by atoms with Crippen LogP contribution in [0.1, 0.15) is 12.5 Å². The number of anilines is 1. The van der Waals surface area contributed by atoms with Gasteiger partial charge in [-0.1, -0.05) is 12.1 Å². The number of hydrogen-bond acceptors (Lipinski definition) is 5. The number of hydrogen-bond donors (Lipinski definition) is 1. The molecule has 0 saturated heterocycles. The molecule has 0 aliphatic carbocycles. The van der Waals surface area contributed by atoms with Crippen LogP contribution >= 0.6 is 0 Å². The molecule has 0 unspecified atom stereocenters. The molecule has 2 aromatic carbocycles. The van der Waals surface area contributed by atoms with E-state index in [4.69, 9.17) is 9.47 Å². The van der Waals surface area contributed by atoms with Gasteiger partial charge in [-0.05, 0) is 36.8 Å². The monoisotopic (exact) mass is 342 g/mol. The van der Waals surface area contributed by atoms with Gasteiger partial charge in [-0.25, -0.2) is 0 Å². The van der Waals surface area contributed by atoms with Gasteiger partial charge in [-0.2, -0.15) is 0 Å². The third-order valence-corrected chi connectivity index (χ3v) is 3.24. The van der Waals surface area contributed by atoms with E-state index < -0.39 is 10.8 Å². The number of carbonyl (C=O) groups is 1. The lowest BCUT2D eigenvalue weighted by Crippen LogP contribution is -2.07. The molecule has 0 aliphatic rings. The van der Waals surface area contributed by atoms with E-state index in [0.717, 1.165) is 5.56 Å². The highest BCUT2D eigenvalue weighted by atomic mass is 16.6. The Bertz CT molecular complexity index is 802. The van der Waals surface area contributed by atoms with Crippen LogP contribution in [0, 0.1) is 10.1 Å². The zero-order valence-electron chi connectivity index (χ0n) is 13.9.